The minimum atomic E-state index is -0.446. The van der Waals surface area contributed by atoms with Gasteiger partial charge in [0.1, 0.15) is 11.8 Å². The summed E-state index contributed by atoms with van der Waals surface area (Å²) < 4.78 is 5.39. The smallest absolute Gasteiger partial charge is 0.323 e. The van der Waals surface area contributed by atoms with Gasteiger partial charge < -0.3 is 15.6 Å². The average molecular weight is 388 g/mol. The minimum Gasteiger partial charge on any atom is -0.508 e. The van der Waals surface area contributed by atoms with Crippen LogP contribution in [0.1, 0.15) is 52.0 Å². The van der Waals surface area contributed by atoms with Crippen molar-refractivity contribution in [3.63, 3.8) is 0 Å². The Labute approximate surface area is 170 Å². The number of carbonyl (C=O) groups is 1. The molecule has 0 aromatic heterocycles. The van der Waals surface area contributed by atoms with Crippen LogP contribution in [0.2, 0.25) is 0 Å². The largest absolute Gasteiger partial charge is 0.508 e. The van der Waals surface area contributed by atoms with E-state index in [4.69, 9.17) is 15.6 Å². The maximum Gasteiger partial charge on any atom is 0.323 e. The molecule has 1 aliphatic rings. The van der Waals surface area contributed by atoms with Crippen LogP contribution in [0.4, 0.5) is 0 Å². The molecular weight excluding hydrogens is 350 g/mol. The molecule has 4 nitrogen and oxygen atoms in total. The Morgan fingerprint density at radius 2 is 1.89 bits per heavy atom. The summed E-state index contributed by atoms with van der Waals surface area (Å²) >= 11 is 0. The molecular formula is C24H37NO3. The van der Waals surface area contributed by atoms with Gasteiger partial charge >= 0.3 is 5.97 Å². The predicted octanol–water partition coefficient (Wildman–Crippen LogP) is 5.50. The molecule has 2 unspecified atom stereocenters. The molecule has 3 N–H and O–H groups in total. The number of hydrogen-bond acceptors (Lipinski definition) is 4. The summed E-state index contributed by atoms with van der Waals surface area (Å²) in [4.78, 5) is 11.6. The predicted molar refractivity (Wildman–Crippen MR) is 118 cm³/mol. The van der Waals surface area contributed by atoms with Gasteiger partial charge in [0.2, 0.25) is 0 Å². The highest BCUT2D eigenvalue weighted by Crippen LogP contribution is 2.24. The highest BCUT2D eigenvalue weighted by atomic mass is 16.5. The summed E-state index contributed by atoms with van der Waals surface area (Å²) in [6.07, 6.45) is 9.10. The highest BCUT2D eigenvalue weighted by Gasteiger charge is 2.23. The molecule has 0 spiro atoms. The number of carbonyl (C=O) groups excluding carboxylic acids is 1. The Morgan fingerprint density at radius 3 is 2.43 bits per heavy atom. The lowest BCUT2D eigenvalue weighted by atomic mass is 9.89. The van der Waals surface area contributed by atoms with Gasteiger partial charge in [0.15, 0.2) is 0 Å². The maximum absolute atomic E-state index is 11.6. The molecule has 0 saturated carbocycles. The average Bonchev–Trinajstić information content (AvgIpc) is 2.75. The molecule has 0 aliphatic carbocycles. The molecule has 1 saturated heterocycles. The van der Waals surface area contributed by atoms with E-state index in [9.17, 15) is 4.79 Å². The molecule has 1 aromatic rings. The van der Waals surface area contributed by atoms with Crippen LogP contribution in [0.25, 0.3) is 0 Å². The van der Waals surface area contributed by atoms with E-state index in [0.717, 1.165) is 32.1 Å². The number of nitrogens with two attached hydrogens (primary N) is 1. The van der Waals surface area contributed by atoms with Crippen LogP contribution in [0.3, 0.4) is 0 Å². The van der Waals surface area contributed by atoms with E-state index in [-0.39, 0.29) is 17.8 Å². The lowest BCUT2D eigenvalue weighted by Crippen LogP contribution is -2.33. The van der Waals surface area contributed by atoms with Crippen molar-refractivity contribution in [3.8, 4) is 0 Å². The van der Waals surface area contributed by atoms with E-state index in [2.05, 4.69) is 37.4 Å². The first-order valence-corrected chi connectivity index (χ1v) is 10.1. The lowest BCUT2D eigenvalue weighted by molar-refractivity contribution is -0.150. The van der Waals surface area contributed by atoms with Crippen molar-refractivity contribution in [1.29, 1.82) is 0 Å². The van der Waals surface area contributed by atoms with Crippen LogP contribution in [0.15, 0.2) is 67.5 Å². The second-order valence-corrected chi connectivity index (χ2v) is 6.61. The fraction of sp³-hybridized carbons (Fsp3) is 0.458. The fourth-order valence-electron chi connectivity index (χ4n) is 2.99. The first kappa shape index (κ1) is 25.7. The summed E-state index contributed by atoms with van der Waals surface area (Å²) in [5.41, 5.74) is 7.16. The van der Waals surface area contributed by atoms with Gasteiger partial charge in [-0.1, -0.05) is 69.8 Å². The van der Waals surface area contributed by atoms with Gasteiger partial charge in [-0.3, -0.25) is 4.79 Å². The summed E-state index contributed by atoms with van der Waals surface area (Å²) in [6.45, 7) is 12.6. The first-order chi connectivity index (χ1) is 13.5. The number of hydrogen-bond donors (Lipinski definition) is 2. The molecule has 1 fully saturated rings. The van der Waals surface area contributed by atoms with Crippen molar-refractivity contribution in [2.75, 3.05) is 0 Å². The third kappa shape index (κ3) is 11.4. The quantitative estimate of drug-likeness (QED) is 0.406. The summed E-state index contributed by atoms with van der Waals surface area (Å²) in [7, 11) is 0. The standard InChI is InChI=1S/C16H23NO2.C6H8O.C2H6/c1-12-10-14(11-13-6-3-2-4-7-13)8-5-9-15(17)16(18)19-12;1-3-5-6(7)4-2;1-2/h2-4,6-7,12,14-15H,5,8-11,17H2,1H3;3-5,7H,1-2H2;1-2H3/b;6-5+;/t12?,14?,15-;;/m0../s1. The van der Waals surface area contributed by atoms with Gasteiger partial charge in [0, 0.05) is 0 Å². The molecule has 28 heavy (non-hydrogen) atoms. The van der Waals surface area contributed by atoms with E-state index in [1.807, 2.05) is 26.8 Å². The molecule has 2 rings (SSSR count). The maximum atomic E-state index is 11.6. The molecule has 1 aliphatic heterocycles. The molecule has 156 valence electrons. The van der Waals surface area contributed by atoms with E-state index in [1.54, 1.807) is 0 Å². The number of aliphatic hydroxyl groups excluding tert-OH is 1. The summed E-state index contributed by atoms with van der Waals surface area (Å²) in [5.74, 6) is 0.471. The number of ether oxygens (including phenoxy) is 1. The normalized spacial score (nSPS) is 22.5. The second kappa shape index (κ2) is 15.7. The first-order valence-electron chi connectivity index (χ1n) is 10.1. The third-order valence-electron chi connectivity index (χ3n) is 4.28. The van der Waals surface area contributed by atoms with Gasteiger partial charge in [0.05, 0.1) is 6.10 Å². The molecule has 0 radical (unpaired) electrons. The van der Waals surface area contributed by atoms with Crippen LogP contribution in [0, 0.1) is 5.92 Å². The molecule has 0 amide bonds. The number of rotatable bonds is 4. The molecule has 0 bridgehead atoms. The van der Waals surface area contributed by atoms with Crippen molar-refractivity contribution in [2.24, 2.45) is 11.7 Å². The minimum absolute atomic E-state index is 0.0367. The number of allylic oxidation sites excluding steroid dienone is 3. The third-order valence-corrected chi connectivity index (χ3v) is 4.28. The van der Waals surface area contributed by atoms with Crippen LogP contribution < -0.4 is 5.73 Å². The molecule has 4 heteroatoms. The van der Waals surface area contributed by atoms with Crippen molar-refractivity contribution >= 4 is 5.97 Å². The lowest BCUT2D eigenvalue weighted by Gasteiger charge is -2.20. The molecule has 3 atom stereocenters. The number of cyclic esters (lactones) is 1. The Hall–Kier alpha value is -2.33. The van der Waals surface area contributed by atoms with Crippen molar-refractivity contribution in [2.45, 2.75) is 65.0 Å². The highest BCUT2D eigenvalue weighted by molar-refractivity contribution is 5.75. The second-order valence-electron chi connectivity index (χ2n) is 6.61. The number of aliphatic hydroxyl groups is 1. The topological polar surface area (TPSA) is 72.5 Å². The number of esters is 1. The van der Waals surface area contributed by atoms with E-state index in [0.29, 0.717) is 5.92 Å². The monoisotopic (exact) mass is 387 g/mol. The molecule has 1 heterocycles. The van der Waals surface area contributed by atoms with Crippen LogP contribution >= 0.6 is 0 Å². The van der Waals surface area contributed by atoms with Gasteiger partial charge in [-0.15, -0.1) is 0 Å². The van der Waals surface area contributed by atoms with Crippen LogP contribution in [-0.2, 0) is 16.0 Å². The van der Waals surface area contributed by atoms with Gasteiger partial charge in [-0.05, 0) is 56.2 Å². The van der Waals surface area contributed by atoms with Crippen molar-refractivity contribution < 1.29 is 14.6 Å². The SMILES string of the molecule is C=C/C=C(/O)C=C.CC.CC1CC(Cc2ccccc2)CCC[C@H](N)C(=O)O1. The Bertz CT molecular complexity index is 595. The Balaban J connectivity index is 0.000000688. The van der Waals surface area contributed by atoms with Crippen LogP contribution in [-0.4, -0.2) is 23.2 Å². The zero-order valence-electron chi connectivity index (χ0n) is 17.6. The number of benzene rings is 1. The van der Waals surface area contributed by atoms with E-state index < -0.39 is 6.04 Å². The summed E-state index contributed by atoms with van der Waals surface area (Å²) in [5, 5.41) is 8.53. The van der Waals surface area contributed by atoms with E-state index in [1.165, 1.54) is 23.8 Å². The Kier molecular flexibility index (Phi) is 14.4. The van der Waals surface area contributed by atoms with Gasteiger partial charge in [-0.25, -0.2) is 0 Å². The van der Waals surface area contributed by atoms with Crippen molar-refractivity contribution in [1.82, 2.24) is 0 Å². The fourth-order valence-corrected chi connectivity index (χ4v) is 2.99. The zero-order valence-corrected chi connectivity index (χ0v) is 17.6. The summed E-state index contributed by atoms with van der Waals surface area (Å²) in [6, 6.07) is 10.1. The van der Waals surface area contributed by atoms with Gasteiger partial charge in [-0.2, -0.15) is 0 Å². The molecule has 1 aromatic carbocycles. The van der Waals surface area contributed by atoms with E-state index >= 15 is 0 Å². The van der Waals surface area contributed by atoms with Crippen LogP contribution in [0.5, 0.6) is 0 Å². The van der Waals surface area contributed by atoms with Crippen molar-refractivity contribution in [3.05, 3.63) is 73.0 Å². The Morgan fingerprint density at radius 1 is 1.25 bits per heavy atom. The van der Waals surface area contributed by atoms with Gasteiger partial charge in [0.25, 0.3) is 0 Å². The zero-order chi connectivity index (χ0) is 21.4.